The van der Waals surface area contributed by atoms with E-state index in [1.807, 2.05) is 0 Å². The third-order valence-corrected chi connectivity index (χ3v) is 16.8. The molecule has 6 nitrogen and oxygen atoms in total. The Bertz CT molecular complexity index is 1160. The van der Waals surface area contributed by atoms with Crippen molar-refractivity contribution < 1.29 is 29.3 Å². The average Bonchev–Trinajstić information content (AvgIpc) is 3.47. The number of carbonyl (C=O) groups excluding carboxylic acids is 2. The van der Waals surface area contributed by atoms with Gasteiger partial charge in [0, 0.05) is 0 Å². The lowest BCUT2D eigenvalue weighted by molar-refractivity contribution is -0.155. The number of ether oxygens (including phenoxy) is 2. The number of unbranched alkanes of at least 4 members (excludes halogenated alkanes) is 53. The van der Waals surface area contributed by atoms with Gasteiger partial charge in [0.1, 0.15) is 13.2 Å². The molecule has 0 aromatic carbocycles. The summed E-state index contributed by atoms with van der Waals surface area (Å²) in [5.41, 5.74) is -1.12. The molecule has 0 saturated carbocycles. The Balaban J connectivity index is 1.66. The van der Waals surface area contributed by atoms with Crippen molar-refractivity contribution in [1.29, 1.82) is 0 Å². The standard InChI is InChI=1S/C68H130O6/c1-2-3-4-5-6-7-8-9-10-11-12-13-14-15-16-17-18-19-20-21-22-23-24-25-26-27-28-29-30-31-32-33-34-35-36-37-38-39-40-41-42-43-44-45-46-47-48-49-50-51-52-53-54-55-56-57-58-59-65-60-66(71)73-63-68(61-69,62-70)64-74-67(65)72/h7-8,65,69-70H,2-6,9-64H2,1H3/b8-7+. The number of esters is 2. The minimum Gasteiger partial charge on any atom is -0.465 e. The summed E-state index contributed by atoms with van der Waals surface area (Å²) in [5, 5.41) is 19.2. The van der Waals surface area contributed by atoms with Crippen molar-refractivity contribution in [3.63, 3.8) is 0 Å². The molecule has 1 saturated heterocycles. The number of allylic oxidation sites excluding steroid dienone is 2. The molecule has 74 heavy (non-hydrogen) atoms. The Labute approximate surface area is 462 Å². The van der Waals surface area contributed by atoms with Gasteiger partial charge in [-0.25, -0.2) is 0 Å². The van der Waals surface area contributed by atoms with Crippen LogP contribution in [-0.2, 0) is 19.1 Å². The molecule has 1 unspecified atom stereocenters. The van der Waals surface area contributed by atoms with Crippen molar-refractivity contribution in [2.45, 2.75) is 373 Å². The lowest BCUT2D eigenvalue weighted by Crippen LogP contribution is -2.40. The fourth-order valence-corrected chi connectivity index (χ4v) is 11.3. The molecule has 0 aromatic heterocycles. The molecule has 1 heterocycles. The molecule has 2 N–H and O–H groups in total. The van der Waals surface area contributed by atoms with Crippen molar-refractivity contribution in [2.75, 3.05) is 26.4 Å². The Kier molecular flexibility index (Phi) is 55.1. The van der Waals surface area contributed by atoms with Crippen LogP contribution in [-0.4, -0.2) is 48.6 Å². The van der Waals surface area contributed by atoms with Gasteiger partial charge >= 0.3 is 11.9 Å². The predicted molar refractivity (Wildman–Crippen MR) is 320 cm³/mol. The van der Waals surface area contributed by atoms with Crippen molar-refractivity contribution in [3.8, 4) is 0 Å². The van der Waals surface area contributed by atoms with Crippen molar-refractivity contribution in [2.24, 2.45) is 11.3 Å². The monoisotopic (exact) mass is 1040 g/mol. The van der Waals surface area contributed by atoms with Crippen LogP contribution in [0, 0.1) is 11.3 Å². The summed E-state index contributed by atoms with van der Waals surface area (Å²) in [6.07, 6.45) is 83.1. The van der Waals surface area contributed by atoms with Crippen molar-refractivity contribution >= 4 is 11.9 Å². The van der Waals surface area contributed by atoms with Gasteiger partial charge in [0.05, 0.1) is 31.0 Å². The molecule has 1 atom stereocenters. The molecule has 0 radical (unpaired) electrons. The Morgan fingerprint density at radius 3 is 0.838 bits per heavy atom. The normalized spacial score (nSPS) is 15.1. The molecule has 1 fully saturated rings. The number of hydrogen-bond donors (Lipinski definition) is 2. The number of hydrogen-bond acceptors (Lipinski definition) is 6. The van der Waals surface area contributed by atoms with E-state index in [0.717, 1.165) is 19.3 Å². The van der Waals surface area contributed by atoms with E-state index in [1.165, 1.54) is 334 Å². The highest BCUT2D eigenvalue weighted by Gasteiger charge is 2.36. The second kappa shape index (κ2) is 57.8. The smallest absolute Gasteiger partial charge is 0.309 e. The number of aliphatic hydroxyl groups excluding tert-OH is 2. The largest absolute Gasteiger partial charge is 0.465 e. The van der Waals surface area contributed by atoms with Gasteiger partial charge in [-0.05, 0) is 32.1 Å². The zero-order chi connectivity index (χ0) is 53.2. The lowest BCUT2D eigenvalue weighted by atomic mass is 9.92. The third kappa shape index (κ3) is 48.9. The highest BCUT2D eigenvalue weighted by Crippen LogP contribution is 2.25. The van der Waals surface area contributed by atoms with E-state index in [1.54, 1.807) is 0 Å². The molecule has 0 amide bonds. The second-order valence-corrected chi connectivity index (χ2v) is 24.2. The maximum atomic E-state index is 12.6. The van der Waals surface area contributed by atoms with E-state index < -0.39 is 36.5 Å². The van der Waals surface area contributed by atoms with Gasteiger partial charge in [-0.2, -0.15) is 0 Å². The van der Waals surface area contributed by atoms with Crippen LogP contribution >= 0.6 is 0 Å². The summed E-state index contributed by atoms with van der Waals surface area (Å²) in [4.78, 5) is 24.8. The van der Waals surface area contributed by atoms with E-state index in [2.05, 4.69) is 19.1 Å². The third-order valence-electron chi connectivity index (χ3n) is 16.8. The van der Waals surface area contributed by atoms with Crippen LogP contribution in [0.1, 0.15) is 373 Å². The number of cyclic esters (lactones) is 2. The molecule has 438 valence electrons. The maximum absolute atomic E-state index is 12.6. The van der Waals surface area contributed by atoms with Crippen LogP contribution < -0.4 is 0 Å². The summed E-state index contributed by atoms with van der Waals surface area (Å²) in [7, 11) is 0. The minimum absolute atomic E-state index is 0.00525. The summed E-state index contributed by atoms with van der Waals surface area (Å²) >= 11 is 0. The van der Waals surface area contributed by atoms with Crippen LogP contribution in [0.15, 0.2) is 12.2 Å². The summed E-state index contributed by atoms with van der Waals surface area (Å²) in [6.45, 7) is 1.20. The molecule has 6 heteroatoms. The van der Waals surface area contributed by atoms with Gasteiger partial charge in [-0.1, -0.05) is 347 Å². The zero-order valence-corrected chi connectivity index (χ0v) is 49.9. The minimum atomic E-state index is -1.12. The highest BCUT2D eigenvalue weighted by atomic mass is 16.6. The first kappa shape index (κ1) is 70.6. The molecule has 0 spiro atoms. The molecule has 1 aliphatic rings. The lowest BCUT2D eigenvalue weighted by Gasteiger charge is -2.27. The molecular weight excluding hydrogens is 913 g/mol. The molecule has 0 aromatic rings. The first-order valence-electron chi connectivity index (χ1n) is 33.8. The van der Waals surface area contributed by atoms with Crippen LogP contribution in [0.4, 0.5) is 0 Å². The predicted octanol–water partition coefficient (Wildman–Crippen LogP) is 21.5. The van der Waals surface area contributed by atoms with Gasteiger partial charge < -0.3 is 19.7 Å². The van der Waals surface area contributed by atoms with Crippen LogP contribution in [0.3, 0.4) is 0 Å². The van der Waals surface area contributed by atoms with E-state index in [-0.39, 0.29) is 19.6 Å². The summed E-state index contributed by atoms with van der Waals surface area (Å²) < 4.78 is 10.6. The Morgan fingerprint density at radius 2 is 0.581 bits per heavy atom. The molecule has 0 aliphatic carbocycles. The first-order chi connectivity index (χ1) is 36.6. The van der Waals surface area contributed by atoms with Crippen LogP contribution in [0.2, 0.25) is 0 Å². The van der Waals surface area contributed by atoms with Crippen LogP contribution in [0.25, 0.3) is 0 Å². The summed E-state index contributed by atoms with van der Waals surface area (Å²) in [6, 6.07) is 0. The number of rotatable bonds is 59. The van der Waals surface area contributed by atoms with Gasteiger partial charge in [0.2, 0.25) is 0 Å². The van der Waals surface area contributed by atoms with E-state index in [0.29, 0.717) is 6.42 Å². The fraction of sp³-hybridized carbons (Fsp3) is 0.941. The van der Waals surface area contributed by atoms with E-state index in [4.69, 9.17) is 9.47 Å². The van der Waals surface area contributed by atoms with Gasteiger partial charge in [0.15, 0.2) is 0 Å². The molecular formula is C68H130O6. The average molecular weight is 1040 g/mol. The quantitative estimate of drug-likeness (QED) is 0.0358. The topological polar surface area (TPSA) is 93.1 Å². The number of aliphatic hydroxyl groups is 2. The van der Waals surface area contributed by atoms with E-state index >= 15 is 0 Å². The van der Waals surface area contributed by atoms with Gasteiger partial charge in [-0.15, -0.1) is 0 Å². The molecule has 1 aliphatic heterocycles. The maximum Gasteiger partial charge on any atom is 0.309 e. The molecule has 1 rings (SSSR count). The fourth-order valence-electron chi connectivity index (χ4n) is 11.3. The van der Waals surface area contributed by atoms with Gasteiger partial charge in [-0.3, -0.25) is 9.59 Å². The highest BCUT2D eigenvalue weighted by molar-refractivity contribution is 5.80. The second-order valence-electron chi connectivity index (χ2n) is 24.2. The van der Waals surface area contributed by atoms with Crippen molar-refractivity contribution in [3.05, 3.63) is 12.2 Å². The van der Waals surface area contributed by atoms with Crippen molar-refractivity contribution in [1.82, 2.24) is 0 Å². The number of carbonyl (C=O) groups is 2. The SMILES string of the molecule is CCCCCC/C=C/CCCCCCCCCCCCCCCCCCCCCCCCCCCCCCCCCCCCCCCCCCCCCCCCCCCC1CC(=O)OCC(CO)(CO)COC1=O. The molecule has 0 bridgehead atoms. The first-order valence-corrected chi connectivity index (χ1v) is 33.8. The summed E-state index contributed by atoms with van der Waals surface area (Å²) in [5.74, 6) is -1.40. The van der Waals surface area contributed by atoms with Crippen LogP contribution in [0.5, 0.6) is 0 Å². The Hall–Kier alpha value is -1.40. The zero-order valence-electron chi connectivity index (χ0n) is 49.9. The van der Waals surface area contributed by atoms with E-state index in [9.17, 15) is 19.8 Å². The van der Waals surface area contributed by atoms with Gasteiger partial charge in [0.25, 0.3) is 0 Å². The Morgan fingerprint density at radius 1 is 0.351 bits per heavy atom.